The molecule has 0 amide bonds. The van der Waals surface area contributed by atoms with Gasteiger partial charge in [0, 0.05) is 13.1 Å². The van der Waals surface area contributed by atoms with Crippen LogP contribution in [0.1, 0.15) is 40.5 Å². The van der Waals surface area contributed by atoms with Crippen molar-refractivity contribution in [2.45, 2.75) is 46.1 Å². The van der Waals surface area contributed by atoms with E-state index < -0.39 is 0 Å². The summed E-state index contributed by atoms with van der Waals surface area (Å²) in [5, 5.41) is 0. The molecule has 0 aliphatic carbocycles. The second kappa shape index (κ2) is 3.46. The average molecular weight is 168 g/mol. The topological polar surface area (TPSA) is 15.6 Å². The van der Waals surface area contributed by atoms with Gasteiger partial charge in [0.2, 0.25) is 0 Å². The summed E-state index contributed by atoms with van der Waals surface area (Å²) in [4.78, 5) is 7.01. The van der Waals surface area contributed by atoms with Crippen LogP contribution in [0, 0.1) is 0 Å². The van der Waals surface area contributed by atoms with Crippen LogP contribution in [0.15, 0.2) is 4.99 Å². The molecule has 0 radical (unpaired) electrons. The van der Waals surface area contributed by atoms with Gasteiger partial charge in [-0.2, -0.15) is 0 Å². The zero-order valence-corrected chi connectivity index (χ0v) is 8.72. The van der Waals surface area contributed by atoms with Gasteiger partial charge in [0.05, 0.1) is 11.4 Å². The maximum absolute atomic E-state index is 4.63. The highest BCUT2D eigenvalue weighted by atomic mass is 15.2. The molecule has 1 rings (SSSR count). The van der Waals surface area contributed by atoms with Crippen LogP contribution in [0.3, 0.4) is 0 Å². The van der Waals surface area contributed by atoms with Crippen LogP contribution in [0.5, 0.6) is 0 Å². The number of rotatable bonds is 0. The monoisotopic (exact) mass is 168 g/mol. The second-order valence-corrected chi connectivity index (χ2v) is 4.52. The molecule has 0 N–H and O–H groups in total. The molecule has 1 aliphatic rings. The Labute approximate surface area is 75.7 Å². The van der Waals surface area contributed by atoms with Crippen molar-refractivity contribution < 1.29 is 0 Å². The highest BCUT2D eigenvalue weighted by molar-refractivity contribution is 5.80. The molecule has 1 aliphatic heterocycles. The molecule has 0 aromatic heterocycles. The molecule has 0 unspecified atom stereocenters. The lowest BCUT2D eigenvalue weighted by atomic mass is 10.1. The van der Waals surface area contributed by atoms with Crippen LogP contribution in [-0.4, -0.2) is 29.4 Å². The fourth-order valence-electron chi connectivity index (χ4n) is 1.60. The molecule has 2 nitrogen and oxygen atoms in total. The molecule has 0 spiro atoms. The number of aliphatic imine (C=N–C) groups is 1. The summed E-state index contributed by atoms with van der Waals surface area (Å²) in [6.45, 7) is 11.0. The Balaban J connectivity index is 2.56. The van der Waals surface area contributed by atoms with Gasteiger partial charge in [-0.15, -0.1) is 0 Å². The lowest BCUT2D eigenvalue weighted by molar-refractivity contribution is 0.491. The van der Waals surface area contributed by atoms with E-state index in [2.05, 4.69) is 37.6 Å². The van der Waals surface area contributed by atoms with Gasteiger partial charge in [0.15, 0.2) is 0 Å². The third-order valence-corrected chi connectivity index (χ3v) is 2.06. The molecule has 1 fully saturated rings. The number of nitrogens with zero attached hydrogens (tertiary/aromatic N) is 2. The second-order valence-electron chi connectivity index (χ2n) is 4.52. The Hall–Kier alpha value is -0.530. The Morgan fingerprint density at radius 3 is 2.08 bits per heavy atom. The van der Waals surface area contributed by atoms with Gasteiger partial charge in [-0.25, -0.2) is 0 Å². The van der Waals surface area contributed by atoms with E-state index in [9.17, 15) is 0 Å². The van der Waals surface area contributed by atoms with Crippen LogP contribution >= 0.6 is 0 Å². The lowest BCUT2D eigenvalue weighted by Gasteiger charge is -2.21. The molecule has 12 heavy (non-hydrogen) atoms. The summed E-state index contributed by atoms with van der Waals surface area (Å²) in [6.07, 6.45) is 2.66. The summed E-state index contributed by atoms with van der Waals surface area (Å²) in [6, 6.07) is 0. The van der Waals surface area contributed by atoms with Gasteiger partial charge in [-0.3, -0.25) is 4.99 Å². The van der Waals surface area contributed by atoms with E-state index in [-0.39, 0.29) is 5.54 Å². The highest BCUT2D eigenvalue weighted by Gasteiger charge is 2.15. The first kappa shape index (κ1) is 9.56. The fraction of sp³-hybridized carbons (Fsp3) is 0.900. The molecule has 2 heteroatoms. The smallest absolute Gasteiger partial charge is 0.0964 e. The van der Waals surface area contributed by atoms with Crippen molar-refractivity contribution in [2.75, 3.05) is 13.1 Å². The molecule has 1 saturated heterocycles. The highest BCUT2D eigenvalue weighted by Crippen LogP contribution is 2.12. The third-order valence-electron chi connectivity index (χ3n) is 2.06. The summed E-state index contributed by atoms with van der Waals surface area (Å²) < 4.78 is 0. The Morgan fingerprint density at radius 2 is 1.67 bits per heavy atom. The standard InChI is InChI=1S/C10H20N2/c1-9(11-10(2,3)4)12-7-5-6-8-12/h5-8H2,1-4H3. The van der Waals surface area contributed by atoms with Crippen molar-refractivity contribution in [3.05, 3.63) is 0 Å². The molecule has 0 aromatic carbocycles. The van der Waals surface area contributed by atoms with E-state index in [1.165, 1.54) is 31.8 Å². The van der Waals surface area contributed by atoms with E-state index >= 15 is 0 Å². The number of hydrogen-bond acceptors (Lipinski definition) is 1. The van der Waals surface area contributed by atoms with Crippen molar-refractivity contribution in [1.29, 1.82) is 0 Å². The zero-order chi connectivity index (χ0) is 9.19. The van der Waals surface area contributed by atoms with Crippen LogP contribution < -0.4 is 0 Å². The normalized spacial score (nSPS) is 20.3. The van der Waals surface area contributed by atoms with Gasteiger partial charge < -0.3 is 4.90 Å². The van der Waals surface area contributed by atoms with E-state index in [0.29, 0.717) is 0 Å². The Morgan fingerprint density at radius 1 is 1.17 bits per heavy atom. The fourth-order valence-corrected chi connectivity index (χ4v) is 1.60. The summed E-state index contributed by atoms with van der Waals surface area (Å²) in [5.74, 6) is 1.21. The maximum atomic E-state index is 4.63. The molecular weight excluding hydrogens is 148 g/mol. The van der Waals surface area contributed by atoms with Gasteiger partial charge in [-0.1, -0.05) is 0 Å². The summed E-state index contributed by atoms with van der Waals surface area (Å²) in [5.41, 5.74) is 0.0761. The summed E-state index contributed by atoms with van der Waals surface area (Å²) in [7, 11) is 0. The van der Waals surface area contributed by atoms with Crippen molar-refractivity contribution in [3.8, 4) is 0 Å². The van der Waals surface area contributed by atoms with Crippen LogP contribution in [0.4, 0.5) is 0 Å². The van der Waals surface area contributed by atoms with E-state index in [0.717, 1.165) is 0 Å². The molecule has 0 aromatic rings. The minimum atomic E-state index is 0.0761. The largest absolute Gasteiger partial charge is 0.361 e. The molecule has 0 saturated carbocycles. The van der Waals surface area contributed by atoms with Gasteiger partial charge in [0.25, 0.3) is 0 Å². The van der Waals surface area contributed by atoms with Crippen LogP contribution in [-0.2, 0) is 0 Å². The first-order valence-corrected chi connectivity index (χ1v) is 4.80. The van der Waals surface area contributed by atoms with Crippen LogP contribution in [0.25, 0.3) is 0 Å². The van der Waals surface area contributed by atoms with Crippen molar-refractivity contribution in [3.63, 3.8) is 0 Å². The van der Waals surface area contributed by atoms with Crippen molar-refractivity contribution in [2.24, 2.45) is 4.99 Å². The summed E-state index contributed by atoms with van der Waals surface area (Å²) >= 11 is 0. The first-order valence-electron chi connectivity index (χ1n) is 4.80. The van der Waals surface area contributed by atoms with E-state index in [1.807, 2.05) is 0 Å². The number of hydrogen-bond donors (Lipinski definition) is 0. The van der Waals surface area contributed by atoms with Crippen LogP contribution in [0.2, 0.25) is 0 Å². The average Bonchev–Trinajstić information content (AvgIpc) is 2.32. The minimum Gasteiger partial charge on any atom is -0.361 e. The number of likely N-dealkylation sites (tertiary alicyclic amines) is 1. The lowest BCUT2D eigenvalue weighted by Crippen LogP contribution is -2.28. The predicted molar refractivity (Wildman–Crippen MR) is 53.7 cm³/mol. The Kier molecular flexibility index (Phi) is 2.76. The molecule has 70 valence electrons. The zero-order valence-electron chi connectivity index (χ0n) is 8.72. The first-order chi connectivity index (χ1) is 5.49. The van der Waals surface area contributed by atoms with Gasteiger partial charge in [0.1, 0.15) is 0 Å². The SMILES string of the molecule is CC(=NC(C)(C)C)N1CCCC1. The van der Waals surface area contributed by atoms with E-state index in [1.54, 1.807) is 0 Å². The predicted octanol–water partition coefficient (Wildman–Crippen LogP) is 2.30. The van der Waals surface area contributed by atoms with Gasteiger partial charge in [-0.05, 0) is 40.5 Å². The third kappa shape index (κ3) is 2.84. The van der Waals surface area contributed by atoms with E-state index in [4.69, 9.17) is 0 Å². The number of amidine groups is 1. The molecule has 0 bridgehead atoms. The van der Waals surface area contributed by atoms with Gasteiger partial charge >= 0.3 is 0 Å². The molecule has 0 atom stereocenters. The minimum absolute atomic E-state index is 0.0761. The van der Waals surface area contributed by atoms with Crippen molar-refractivity contribution in [1.82, 2.24) is 4.90 Å². The maximum Gasteiger partial charge on any atom is 0.0964 e. The Bertz CT molecular complexity index is 171. The molecular formula is C10H20N2. The van der Waals surface area contributed by atoms with Crippen molar-refractivity contribution >= 4 is 5.84 Å². The molecule has 1 heterocycles. The quantitative estimate of drug-likeness (QED) is 0.400.